The lowest BCUT2D eigenvalue weighted by Crippen LogP contribution is -2.45. The van der Waals surface area contributed by atoms with E-state index in [-0.39, 0.29) is 42.4 Å². The van der Waals surface area contributed by atoms with Crippen molar-refractivity contribution >= 4 is 36.7 Å². The number of halogens is 2. The number of hydrogen-bond acceptors (Lipinski definition) is 5. The molecule has 0 bridgehead atoms. The van der Waals surface area contributed by atoms with Crippen LogP contribution < -0.4 is 10.3 Å². The Morgan fingerprint density at radius 1 is 1.24 bits per heavy atom. The summed E-state index contributed by atoms with van der Waals surface area (Å²) in [6.07, 6.45) is 6.92. The van der Waals surface area contributed by atoms with E-state index in [2.05, 4.69) is 15.2 Å². The number of allylic oxidation sites excluding steroid dienone is 1. The lowest BCUT2D eigenvalue weighted by Gasteiger charge is -2.37. The summed E-state index contributed by atoms with van der Waals surface area (Å²) >= 11 is 0. The van der Waals surface area contributed by atoms with Crippen molar-refractivity contribution in [2.24, 2.45) is 11.7 Å². The standard InChI is InChI=1S/C16H21N5O2.2ClH/c17-11-5-7-20(8-6-11)9-10-1-3-13-16-12(18-19-21(13)23)2-4-14(22)15(10)16;;/h2,4,10-11,15H,1,3,5-9,17H2;2*1H/p+1/t10-,15?;;/m0../s1. The molecule has 1 aromatic rings. The van der Waals surface area contributed by atoms with Crippen LogP contribution in [0.15, 0.2) is 6.08 Å². The minimum Gasteiger partial charge on any atom is -0.328 e. The molecular formula is C16H24Cl2N5O2+. The quantitative estimate of drug-likeness (QED) is 0.731. The summed E-state index contributed by atoms with van der Waals surface area (Å²) in [5.74, 6) is 0.124. The molecule has 1 aliphatic heterocycles. The molecule has 1 aromatic heterocycles. The number of carbonyl (C=O) groups excluding carboxylic acids is 1. The molecule has 2 atom stereocenters. The van der Waals surface area contributed by atoms with Crippen molar-refractivity contribution < 1.29 is 9.34 Å². The highest BCUT2D eigenvalue weighted by atomic mass is 35.5. The van der Waals surface area contributed by atoms with Gasteiger partial charge in [-0.1, -0.05) is 0 Å². The van der Waals surface area contributed by atoms with Gasteiger partial charge in [-0.15, -0.1) is 24.8 Å². The summed E-state index contributed by atoms with van der Waals surface area (Å²) in [6.45, 7) is 2.89. The predicted octanol–water partition coefficient (Wildman–Crippen LogP) is 0.833. The molecule has 3 aliphatic rings. The number of hydrogen-bond donors (Lipinski definition) is 2. The van der Waals surface area contributed by atoms with Crippen molar-refractivity contribution in [2.45, 2.75) is 37.6 Å². The molecule has 25 heavy (non-hydrogen) atoms. The second-order valence-corrected chi connectivity index (χ2v) is 6.90. The molecule has 0 saturated carbocycles. The van der Waals surface area contributed by atoms with E-state index in [4.69, 9.17) is 5.73 Å². The average Bonchev–Trinajstić information content (AvgIpc) is 2.56. The normalized spacial score (nSPS) is 25.7. The number of aromatic nitrogens is 3. The van der Waals surface area contributed by atoms with Gasteiger partial charge in [0.05, 0.1) is 16.0 Å². The van der Waals surface area contributed by atoms with Gasteiger partial charge in [0.15, 0.2) is 11.5 Å². The summed E-state index contributed by atoms with van der Waals surface area (Å²) in [6, 6.07) is 0.309. The van der Waals surface area contributed by atoms with Crippen LogP contribution in [0.1, 0.15) is 42.1 Å². The Balaban J connectivity index is 0.00000113. The minimum atomic E-state index is -0.225. The smallest absolute Gasteiger partial charge is 0.208 e. The van der Waals surface area contributed by atoms with Crippen LogP contribution in [0.5, 0.6) is 0 Å². The average molecular weight is 389 g/mol. The van der Waals surface area contributed by atoms with Crippen LogP contribution in [0.4, 0.5) is 0 Å². The second-order valence-electron chi connectivity index (χ2n) is 6.90. The summed E-state index contributed by atoms with van der Waals surface area (Å²) in [5.41, 5.74) is 8.23. The third-order valence-electron chi connectivity index (χ3n) is 5.46. The monoisotopic (exact) mass is 388 g/mol. The number of rotatable bonds is 2. The molecule has 0 aromatic carbocycles. The topological polar surface area (TPSA) is 98.0 Å². The Morgan fingerprint density at radius 3 is 2.68 bits per heavy atom. The highest BCUT2D eigenvalue weighted by Gasteiger charge is 2.42. The molecule has 7 nitrogen and oxygen atoms in total. The Morgan fingerprint density at radius 2 is 1.96 bits per heavy atom. The van der Waals surface area contributed by atoms with Crippen LogP contribution in [0, 0.1) is 10.8 Å². The fraction of sp³-hybridized carbons (Fsp3) is 0.625. The van der Waals surface area contributed by atoms with Crippen LogP contribution in [0.25, 0.3) is 6.08 Å². The van der Waals surface area contributed by atoms with Crippen molar-refractivity contribution in [1.82, 2.24) is 15.2 Å². The lowest BCUT2D eigenvalue weighted by molar-refractivity contribution is -0.581. The molecule has 2 heterocycles. The summed E-state index contributed by atoms with van der Waals surface area (Å²) in [7, 11) is 0. The first kappa shape index (κ1) is 20.0. The van der Waals surface area contributed by atoms with Gasteiger partial charge < -0.3 is 10.6 Å². The minimum absolute atomic E-state index is 0. The molecule has 1 fully saturated rings. The fourth-order valence-corrected chi connectivity index (χ4v) is 4.21. The summed E-state index contributed by atoms with van der Waals surface area (Å²) in [5, 5.41) is 6.57. The van der Waals surface area contributed by atoms with Crippen LogP contribution in [-0.2, 0) is 11.2 Å². The van der Waals surface area contributed by atoms with Crippen molar-refractivity contribution in [3.8, 4) is 0 Å². The van der Waals surface area contributed by atoms with Gasteiger partial charge in [-0.3, -0.25) is 4.79 Å². The molecular weight excluding hydrogens is 365 g/mol. The van der Waals surface area contributed by atoms with Crippen LogP contribution >= 0.6 is 24.8 Å². The van der Waals surface area contributed by atoms with Crippen molar-refractivity contribution in [2.75, 3.05) is 19.6 Å². The van der Waals surface area contributed by atoms with E-state index >= 15 is 0 Å². The Kier molecular flexibility index (Phi) is 6.37. The van der Waals surface area contributed by atoms with E-state index in [0.717, 1.165) is 50.2 Å². The zero-order chi connectivity index (χ0) is 16.0. The molecule has 9 heteroatoms. The number of ketones is 1. The number of H-pyrrole nitrogens is 1. The van der Waals surface area contributed by atoms with Gasteiger partial charge >= 0.3 is 0 Å². The molecule has 138 valence electrons. The highest BCUT2D eigenvalue weighted by Crippen LogP contribution is 2.40. The Labute approximate surface area is 158 Å². The van der Waals surface area contributed by atoms with Crippen LogP contribution in [-0.4, -0.2) is 46.7 Å². The second kappa shape index (κ2) is 7.95. The predicted molar refractivity (Wildman–Crippen MR) is 98.7 cm³/mol. The van der Waals surface area contributed by atoms with E-state index < -0.39 is 0 Å². The molecule has 0 spiro atoms. The lowest BCUT2D eigenvalue weighted by atomic mass is 9.72. The van der Waals surface area contributed by atoms with Gasteiger partial charge in [0.2, 0.25) is 5.69 Å². The van der Waals surface area contributed by atoms with E-state index in [9.17, 15) is 9.70 Å². The van der Waals surface area contributed by atoms with Crippen LogP contribution in [0.2, 0.25) is 0 Å². The summed E-state index contributed by atoms with van der Waals surface area (Å²) < 4.78 is 0.717. The zero-order valence-electron chi connectivity index (χ0n) is 13.9. The maximum Gasteiger partial charge on any atom is 0.208 e. The van der Waals surface area contributed by atoms with E-state index in [1.165, 1.54) is 0 Å². The van der Waals surface area contributed by atoms with Crippen molar-refractivity contribution in [3.05, 3.63) is 27.9 Å². The first-order valence-corrected chi connectivity index (χ1v) is 8.37. The number of carbonyl (C=O) groups is 1. The number of nitrogens with one attached hydrogen (secondary N) is 1. The Hall–Kier alpha value is -1.28. The molecule has 4 rings (SSSR count). The maximum absolute atomic E-state index is 12.5. The highest BCUT2D eigenvalue weighted by molar-refractivity contribution is 6.02. The maximum atomic E-state index is 12.5. The van der Waals surface area contributed by atoms with Crippen molar-refractivity contribution in [1.29, 1.82) is 0 Å². The largest absolute Gasteiger partial charge is 0.328 e. The first-order chi connectivity index (χ1) is 11.1. The van der Waals surface area contributed by atoms with E-state index in [0.29, 0.717) is 22.7 Å². The molecule has 2 aliphatic carbocycles. The number of piperidine rings is 1. The van der Waals surface area contributed by atoms with Crippen LogP contribution in [0.3, 0.4) is 0 Å². The van der Waals surface area contributed by atoms with Gasteiger partial charge in [0.25, 0.3) is 0 Å². The number of nitrogens with zero attached hydrogens (tertiary/aromatic N) is 3. The van der Waals surface area contributed by atoms with Crippen molar-refractivity contribution in [3.63, 3.8) is 0 Å². The molecule has 1 unspecified atom stereocenters. The van der Waals surface area contributed by atoms with Gasteiger partial charge in [-0.2, -0.15) is 0 Å². The zero-order valence-corrected chi connectivity index (χ0v) is 15.5. The third-order valence-corrected chi connectivity index (χ3v) is 5.46. The van der Waals surface area contributed by atoms with Gasteiger partial charge in [0.1, 0.15) is 0 Å². The first-order valence-electron chi connectivity index (χ1n) is 8.37. The molecule has 3 N–H and O–H groups in total. The SMILES string of the molecule is Cl.Cl.NC1CCN(C[C@@H]2CCc3c4c(n[nH][n+]3=O)C=CC(=O)C42)CC1. The molecule has 0 radical (unpaired) electrons. The molecule has 0 amide bonds. The third kappa shape index (κ3) is 3.65. The number of likely N-dealkylation sites (tertiary alicyclic amines) is 1. The number of aromatic amines is 1. The number of nitrogens with two attached hydrogens (primary N) is 1. The Bertz CT molecular complexity index is 728. The van der Waals surface area contributed by atoms with E-state index in [1.54, 1.807) is 12.2 Å². The van der Waals surface area contributed by atoms with Gasteiger partial charge in [0, 0.05) is 24.1 Å². The van der Waals surface area contributed by atoms with Gasteiger partial charge in [-0.25, -0.2) is 0 Å². The fourth-order valence-electron chi connectivity index (χ4n) is 4.21. The van der Waals surface area contributed by atoms with E-state index in [1.807, 2.05) is 0 Å². The summed E-state index contributed by atoms with van der Waals surface area (Å²) in [4.78, 5) is 26.9. The van der Waals surface area contributed by atoms with Gasteiger partial charge in [-0.05, 0) is 60.5 Å². The molecule has 1 saturated heterocycles.